The van der Waals surface area contributed by atoms with Crippen LogP contribution in [0, 0.1) is 6.92 Å². The third-order valence-corrected chi connectivity index (χ3v) is 4.33. The van der Waals surface area contributed by atoms with Crippen molar-refractivity contribution in [3.8, 4) is 17.0 Å². The number of ether oxygens (including phenoxy) is 2. The molecule has 1 fully saturated rings. The molecule has 1 atom stereocenters. The molecule has 2 aromatic rings. The second-order valence-corrected chi connectivity index (χ2v) is 6.02. The zero-order valence-corrected chi connectivity index (χ0v) is 14.1. The van der Waals surface area contributed by atoms with Gasteiger partial charge in [-0.2, -0.15) is 5.10 Å². The lowest BCUT2D eigenvalue weighted by Crippen LogP contribution is -2.32. The number of nitrogens with zero attached hydrogens (tertiary/aromatic N) is 1. The van der Waals surface area contributed by atoms with Crippen LogP contribution in [0.4, 0.5) is 0 Å². The van der Waals surface area contributed by atoms with Crippen LogP contribution in [0.2, 0.25) is 0 Å². The number of carbonyl (C=O) groups excluding carboxylic acids is 1. The highest BCUT2D eigenvalue weighted by molar-refractivity contribution is 5.81. The van der Waals surface area contributed by atoms with Gasteiger partial charge >= 0.3 is 0 Å². The molecule has 1 aromatic carbocycles. The van der Waals surface area contributed by atoms with Gasteiger partial charge in [0.25, 0.3) is 0 Å². The Bertz CT molecular complexity index is 688. The van der Waals surface area contributed by atoms with Gasteiger partial charge in [-0.1, -0.05) is 0 Å². The molecule has 2 N–H and O–H groups in total. The molecule has 0 saturated carbocycles. The van der Waals surface area contributed by atoms with Gasteiger partial charge in [-0.15, -0.1) is 0 Å². The number of aryl methyl sites for hydroxylation is 1. The second-order valence-electron chi connectivity index (χ2n) is 6.02. The minimum atomic E-state index is -0.00948. The van der Waals surface area contributed by atoms with Crippen molar-refractivity contribution in [2.24, 2.45) is 0 Å². The number of H-pyrrole nitrogens is 1. The van der Waals surface area contributed by atoms with Crippen molar-refractivity contribution in [3.05, 3.63) is 35.5 Å². The Morgan fingerprint density at radius 3 is 2.88 bits per heavy atom. The van der Waals surface area contributed by atoms with Crippen LogP contribution in [0.3, 0.4) is 0 Å². The molecule has 0 radical (unpaired) electrons. The fourth-order valence-electron chi connectivity index (χ4n) is 2.91. The molecule has 0 spiro atoms. The Kier molecular flexibility index (Phi) is 5.15. The largest absolute Gasteiger partial charge is 0.497 e. The molecule has 1 aliphatic rings. The number of benzene rings is 1. The lowest BCUT2D eigenvalue weighted by atomic mass is 10.0. The van der Waals surface area contributed by atoms with Crippen LogP contribution in [0.25, 0.3) is 11.3 Å². The van der Waals surface area contributed by atoms with Crippen LogP contribution in [-0.4, -0.2) is 42.5 Å². The summed E-state index contributed by atoms with van der Waals surface area (Å²) >= 11 is 0. The number of aromatic nitrogens is 2. The number of nitrogens with one attached hydrogen (secondary N) is 2. The number of rotatable bonds is 6. The van der Waals surface area contributed by atoms with Gasteiger partial charge < -0.3 is 14.8 Å². The van der Waals surface area contributed by atoms with Crippen LogP contribution >= 0.6 is 0 Å². The van der Waals surface area contributed by atoms with Gasteiger partial charge in [-0.25, -0.2) is 0 Å². The molecule has 6 nitrogen and oxygen atoms in total. The molecule has 24 heavy (non-hydrogen) atoms. The van der Waals surface area contributed by atoms with E-state index in [9.17, 15) is 4.79 Å². The Balaban J connectivity index is 1.68. The van der Waals surface area contributed by atoms with Crippen LogP contribution < -0.4 is 10.1 Å². The Hall–Kier alpha value is -2.34. The highest BCUT2D eigenvalue weighted by atomic mass is 16.5. The van der Waals surface area contributed by atoms with Crippen molar-refractivity contribution >= 4 is 5.91 Å². The van der Waals surface area contributed by atoms with Crippen LogP contribution in [0.1, 0.15) is 24.1 Å². The normalized spacial score (nSPS) is 17.0. The van der Waals surface area contributed by atoms with Crippen LogP contribution in [-0.2, 0) is 16.0 Å². The molecule has 1 saturated heterocycles. The quantitative estimate of drug-likeness (QED) is 0.852. The lowest BCUT2D eigenvalue weighted by Gasteiger charge is -2.11. The summed E-state index contributed by atoms with van der Waals surface area (Å²) in [4.78, 5) is 12.3. The highest BCUT2D eigenvalue weighted by Gasteiger charge is 2.19. The van der Waals surface area contributed by atoms with E-state index in [2.05, 4.69) is 15.5 Å². The number of hydrogen-bond donors (Lipinski definition) is 2. The monoisotopic (exact) mass is 329 g/mol. The van der Waals surface area contributed by atoms with E-state index in [1.807, 2.05) is 31.2 Å². The van der Waals surface area contributed by atoms with E-state index in [0.717, 1.165) is 47.7 Å². The first-order chi connectivity index (χ1) is 11.7. The summed E-state index contributed by atoms with van der Waals surface area (Å²) in [6.45, 7) is 3.30. The van der Waals surface area contributed by atoms with Gasteiger partial charge in [0, 0.05) is 30.0 Å². The van der Waals surface area contributed by atoms with Crippen LogP contribution in [0.15, 0.2) is 24.3 Å². The van der Waals surface area contributed by atoms with E-state index in [4.69, 9.17) is 9.47 Å². The molecular formula is C18H23N3O3. The zero-order chi connectivity index (χ0) is 16.9. The summed E-state index contributed by atoms with van der Waals surface area (Å²) < 4.78 is 10.7. The summed E-state index contributed by atoms with van der Waals surface area (Å²) in [6, 6.07) is 7.67. The maximum Gasteiger partial charge on any atom is 0.224 e. The minimum absolute atomic E-state index is 0.00948. The smallest absolute Gasteiger partial charge is 0.224 e. The summed E-state index contributed by atoms with van der Waals surface area (Å²) in [6.07, 6.45) is 2.54. The number of methoxy groups -OCH3 is 1. The number of amides is 1. The molecular weight excluding hydrogens is 306 g/mol. The summed E-state index contributed by atoms with van der Waals surface area (Å²) in [7, 11) is 1.64. The molecule has 3 rings (SSSR count). The maximum atomic E-state index is 12.3. The summed E-state index contributed by atoms with van der Waals surface area (Å²) in [5.41, 5.74) is 3.60. The number of aromatic amines is 1. The van der Waals surface area contributed by atoms with Crippen molar-refractivity contribution in [1.29, 1.82) is 0 Å². The van der Waals surface area contributed by atoms with Crippen molar-refractivity contribution in [3.63, 3.8) is 0 Å². The molecule has 1 aromatic heterocycles. The van der Waals surface area contributed by atoms with Gasteiger partial charge in [0.2, 0.25) is 5.91 Å². The van der Waals surface area contributed by atoms with E-state index in [1.165, 1.54) is 0 Å². The Morgan fingerprint density at radius 2 is 2.21 bits per heavy atom. The molecule has 0 unspecified atom stereocenters. The highest BCUT2D eigenvalue weighted by Crippen LogP contribution is 2.26. The Morgan fingerprint density at radius 1 is 1.42 bits per heavy atom. The average Bonchev–Trinajstić information content (AvgIpc) is 3.24. The second kappa shape index (κ2) is 7.49. The number of hydrogen-bond acceptors (Lipinski definition) is 4. The van der Waals surface area contributed by atoms with Crippen molar-refractivity contribution in [2.75, 3.05) is 20.3 Å². The van der Waals surface area contributed by atoms with Gasteiger partial charge in [-0.05, 0) is 44.0 Å². The first kappa shape index (κ1) is 16.5. The molecule has 6 heteroatoms. The average molecular weight is 329 g/mol. The zero-order valence-electron chi connectivity index (χ0n) is 14.1. The fourth-order valence-corrected chi connectivity index (χ4v) is 2.91. The lowest BCUT2D eigenvalue weighted by molar-refractivity contribution is -0.120. The van der Waals surface area contributed by atoms with Gasteiger partial charge in [0.15, 0.2) is 0 Å². The molecule has 1 aliphatic heterocycles. The third kappa shape index (κ3) is 3.76. The Labute approximate surface area is 141 Å². The molecule has 0 bridgehead atoms. The topological polar surface area (TPSA) is 76.2 Å². The van der Waals surface area contributed by atoms with Gasteiger partial charge in [-0.3, -0.25) is 9.89 Å². The molecule has 128 valence electrons. The fraction of sp³-hybridized carbons (Fsp3) is 0.444. The van der Waals surface area contributed by atoms with E-state index in [1.54, 1.807) is 7.11 Å². The number of carbonyl (C=O) groups is 1. The molecule has 2 heterocycles. The van der Waals surface area contributed by atoms with Crippen molar-refractivity contribution in [1.82, 2.24) is 15.5 Å². The predicted molar refractivity (Wildman–Crippen MR) is 91.0 cm³/mol. The van der Waals surface area contributed by atoms with Crippen LogP contribution in [0.5, 0.6) is 5.75 Å². The summed E-state index contributed by atoms with van der Waals surface area (Å²) in [5, 5.41) is 10.3. The predicted octanol–water partition coefficient (Wildman–Crippen LogP) is 2.23. The van der Waals surface area contributed by atoms with Gasteiger partial charge in [0.1, 0.15) is 5.75 Å². The molecule has 1 amide bonds. The van der Waals surface area contributed by atoms with Gasteiger partial charge in [0.05, 0.1) is 25.3 Å². The van der Waals surface area contributed by atoms with E-state index >= 15 is 0 Å². The standard InChI is InChI=1S/C18H23N3O3/c1-12-16(10-17(22)19-11-15-4-3-9-24-15)18(21-20-12)13-5-7-14(23-2)8-6-13/h5-8,15H,3-4,9-11H2,1-2H3,(H,19,22)(H,20,21)/t15-/m1/s1. The molecule has 0 aliphatic carbocycles. The summed E-state index contributed by atoms with van der Waals surface area (Å²) in [5.74, 6) is 0.784. The van der Waals surface area contributed by atoms with Crippen molar-refractivity contribution < 1.29 is 14.3 Å². The van der Waals surface area contributed by atoms with E-state index < -0.39 is 0 Å². The van der Waals surface area contributed by atoms with E-state index in [-0.39, 0.29) is 12.0 Å². The third-order valence-electron chi connectivity index (χ3n) is 4.33. The van der Waals surface area contributed by atoms with Crippen molar-refractivity contribution in [2.45, 2.75) is 32.3 Å². The maximum absolute atomic E-state index is 12.3. The first-order valence-corrected chi connectivity index (χ1v) is 8.24. The first-order valence-electron chi connectivity index (χ1n) is 8.24. The minimum Gasteiger partial charge on any atom is -0.497 e. The SMILES string of the molecule is COc1ccc(-c2n[nH]c(C)c2CC(=O)NC[C@H]2CCCO2)cc1. The van der Waals surface area contributed by atoms with E-state index in [0.29, 0.717) is 13.0 Å².